The van der Waals surface area contributed by atoms with Gasteiger partial charge in [0.05, 0.1) is 22.1 Å². The van der Waals surface area contributed by atoms with Crippen LogP contribution in [0.25, 0.3) is 6.08 Å². The molecule has 2 aromatic rings. The molecule has 32 heavy (non-hydrogen) atoms. The summed E-state index contributed by atoms with van der Waals surface area (Å²) in [5, 5.41) is 11.2. The summed E-state index contributed by atoms with van der Waals surface area (Å²) >= 11 is 6.10. The molecular weight excluding hydrogens is 440 g/mol. The van der Waals surface area contributed by atoms with Gasteiger partial charge in [-0.1, -0.05) is 24.6 Å². The number of ether oxygens (including phenoxy) is 3. The number of esters is 2. The number of aliphatic imine (C=N–C) groups is 1. The lowest BCUT2D eigenvalue weighted by atomic mass is 10.1. The highest BCUT2D eigenvalue weighted by atomic mass is 35.5. The van der Waals surface area contributed by atoms with E-state index in [9.17, 15) is 19.7 Å². The Kier molecular flexibility index (Phi) is 7.21. The average Bonchev–Trinajstić information content (AvgIpc) is 3.10. The van der Waals surface area contributed by atoms with Crippen molar-refractivity contribution < 1.29 is 28.7 Å². The van der Waals surface area contributed by atoms with Gasteiger partial charge in [-0.25, -0.2) is 9.79 Å². The monoisotopic (exact) mass is 458 g/mol. The fourth-order valence-corrected chi connectivity index (χ4v) is 3.02. The summed E-state index contributed by atoms with van der Waals surface area (Å²) in [4.78, 5) is 38.7. The van der Waals surface area contributed by atoms with Gasteiger partial charge in [-0.15, -0.1) is 0 Å². The second-order valence-electron chi connectivity index (χ2n) is 6.62. The molecule has 0 aliphatic carbocycles. The number of carbonyl (C=O) groups is 2. The zero-order valence-electron chi connectivity index (χ0n) is 17.3. The molecule has 0 unspecified atom stereocenters. The van der Waals surface area contributed by atoms with Crippen LogP contribution < -0.4 is 9.47 Å². The maximum Gasteiger partial charge on any atom is 0.363 e. The van der Waals surface area contributed by atoms with Gasteiger partial charge in [-0.05, 0) is 43.2 Å². The molecule has 0 fully saturated rings. The molecule has 166 valence electrons. The van der Waals surface area contributed by atoms with Crippen molar-refractivity contribution in [2.75, 3.05) is 6.61 Å². The lowest BCUT2D eigenvalue weighted by Gasteiger charge is -2.11. The van der Waals surface area contributed by atoms with E-state index in [1.807, 2.05) is 6.92 Å². The number of nitro benzene ring substituents is 1. The molecule has 0 saturated carbocycles. The number of rotatable bonds is 8. The van der Waals surface area contributed by atoms with Gasteiger partial charge in [-0.3, -0.25) is 14.9 Å². The average molecular weight is 459 g/mol. The van der Waals surface area contributed by atoms with Gasteiger partial charge >= 0.3 is 11.9 Å². The number of non-ortho nitro benzene ring substituents is 1. The zero-order chi connectivity index (χ0) is 23.3. The summed E-state index contributed by atoms with van der Waals surface area (Å²) in [5.74, 6) is -0.635. The Morgan fingerprint density at radius 3 is 2.69 bits per heavy atom. The minimum absolute atomic E-state index is 0.0271. The third-order valence-electron chi connectivity index (χ3n) is 4.26. The van der Waals surface area contributed by atoms with Gasteiger partial charge < -0.3 is 14.2 Å². The summed E-state index contributed by atoms with van der Waals surface area (Å²) < 4.78 is 16.0. The van der Waals surface area contributed by atoms with Crippen molar-refractivity contribution in [3.05, 3.63) is 68.4 Å². The van der Waals surface area contributed by atoms with Gasteiger partial charge in [0.15, 0.2) is 17.2 Å². The first kappa shape index (κ1) is 23.0. The first-order chi connectivity index (χ1) is 15.3. The van der Waals surface area contributed by atoms with Crippen LogP contribution in [-0.2, 0) is 14.3 Å². The number of hydrogen-bond donors (Lipinski definition) is 0. The highest BCUT2D eigenvalue weighted by Crippen LogP contribution is 2.31. The van der Waals surface area contributed by atoms with Gasteiger partial charge in [0.2, 0.25) is 5.90 Å². The molecule has 0 bridgehead atoms. The molecule has 0 aromatic heterocycles. The third kappa shape index (κ3) is 5.30. The van der Waals surface area contributed by atoms with Crippen LogP contribution in [0.4, 0.5) is 5.69 Å². The molecule has 1 aliphatic heterocycles. The second-order valence-corrected chi connectivity index (χ2v) is 7.03. The largest absolute Gasteiger partial charge is 0.490 e. The number of nitro groups is 1. The van der Waals surface area contributed by atoms with E-state index in [2.05, 4.69) is 4.99 Å². The summed E-state index contributed by atoms with van der Waals surface area (Å²) in [6.45, 7) is 4.00. The summed E-state index contributed by atoms with van der Waals surface area (Å²) in [7, 11) is 0. The van der Waals surface area contributed by atoms with Crippen molar-refractivity contribution in [2.45, 2.75) is 26.7 Å². The Morgan fingerprint density at radius 1 is 1.22 bits per heavy atom. The normalized spacial score (nSPS) is 14.2. The Bertz CT molecular complexity index is 1140. The minimum atomic E-state index is -0.737. The molecule has 1 aliphatic rings. The van der Waals surface area contributed by atoms with Crippen molar-refractivity contribution in [2.24, 2.45) is 4.99 Å². The highest BCUT2D eigenvalue weighted by molar-refractivity contribution is 6.34. The number of nitrogens with zero attached hydrogens (tertiary/aromatic N) is 2. The third-order valence-corrected chi connectivity index (χ3v) is 4.59. The maximum absolute atomic E-state index is 12.3. The first-order valence-electron chi connectivity index (χ1n) is 9.76. The molecule has 0 spiro atoms. The van der Waals surface area contributed by atoms with Crippen LogP contribution in [0.3, 0.4) is 0 Å². The Labute approximate surface area is 188 Å². The molecule has 3 rings (SSSR count). The molecule has 0 amide bonds. The van der Waals surface area contributed by atoms with E-state index < -0.39 is 10.9 Å². The van der Waals surface area contributed by atoms with Crippen molar-refractivity contribution in [1.82, 2.24) is 0 Å². The van der Waals surface area contributed by atoms with Crippen LogP contribution in [0.1, 0.15) is 37.8 Å². The van der Waals surface area contributed by atoms with Crippen LogP contribution in [0.5, 0.6) is 11.5 Å². The molecule has 0 N–H and O–H groups in total. The van der Waals surface area contributed by atoms with E-state index in [1.165, 1.54) is 24.3 Å². The SMILES string of the molecule is CCCC(=O)Oc1ccc(/C=C2\N=C(c3cc([N+](=O)[O-])ccc3Cl)OC2=O)cc1OCC. The van der Waals surface area contributed by atoms with E-state index in [-0.39, 0.29) is 46.0 Å². The molecule has 1 heterocycles. The van der Waals surface area contributed by atoms with Gasteiger partial charge in [0, 0.05) is 18.6 Å². The van der Waals surface area contributed by atoms with Crippen LogP contribution in [0.2, 0.25) is 5.02 Å². The van der Waals surface area contributed by atoms with Gasteiger partial charge in [0.1, 0.15) is 0 Å². The quantitative estimate of drug-likeness (QED) is 0.185. The summed E-state index contributed by atoms with van der Waals surface area (Å²) in [6.07, 6.45) is 2.39. The van der Waals surface area contributed by atoms with Crippen LogP contribution in [0.15, 0.2) is 47.1 Å². The number of carbonyl (C=O) groups excluding carboxylic acids is 2. The molecule has 2 aromatic carbocycles. The fraction of sp³-hybridized carbons (Fsp3) is 0.227. The molecule has 0 atom stereocenters. The minimum Gasteiger partial charge on any atom is -0.490 e. The van der Waals surface area contributed by atoms with Crippen molar-refractivity contribution in [3.8, 4) is 11.5 Å². The second kappa shape index (κ2) is 10.1. The number of hydrogen-bond acceptors (Lipinski definition) is 8. The zero-order valence-corrected chi connectivity index (χ0v) is 18.0. The standard InChI is InChI=1S/C22H19ClN2O7/c1-3-5-20(26)31-18-9-6-13(11-19(18)30-4-2)10-17-22(27)32-21(24-17)15-12-14(25(28)29)7-8-16(15)23/h6-12H,3-5H2,1-2H3/b17-10-. The number of cyclic esters (lactones) is 1. The summed E-state index contributed by atoms with van der Waals surface area (Å²) in [5.41, 5.74) is 0.438. The predicted molar refractivity (Wildman–Crippen MR) is 117 cm³/mol. The van der Waals surface area contributed by atoms with Crippen LogP contribution in [-0.4, -0.2) is 29.4 Å². The highest BCUT2D eigenvalue weighted by Gasteiger charge is 2.27. The number of halogens is 1. The topological polar surface area (TPSA) is 117 Å². The van der Waals surface area contributed by atoms with Gasteiger partial charge in [0.25, 0.3) is 5.69 Å². The predicted octanol–water partition coefficient (Wildman–Crippen LogP) is 4.70. The van der Waals surface area contributed by atoms with Gasteiger partial charge in [-0.2, -0.15) is 0 Å². The fourth-order valence-electron chi connectivity index (χ4n) is 2.82. The van der Waals surface area contributed by atoms with E-state index in [0.717, 1.165) is 0 Å². The molecular formula is C22H19ClN2O7. The van der Waals surface area contributed by atoms with Crippen molar-refractivity contribution in [1.29, 1.82) is 0 Å². The van der Waals surface area contributed by atoms with Crippen LogP contribution >= 0.6 is 11.6 Å². The number of benzene rings is 2. The Morgan fingerprint density at radius 2 is 2.00 bits per heavy atom. The lowest BCUT2D eigenvalue weighted by molar-refractivity contribution is -0.384. The molecule has 10 heteroatoms. The van der Waals surface area contributed by atoms with E-state index in [1.54, 1.807) is 25.1 Å². The van der Waals surface area contributed by atoms with Crippen molar-refractivity contribution >= 4 is 41.2 Å². The summed E-state index contributed by atoms with van der Waals surface area (Å²) in [6, 6.07) is 8.55. The molecule has 9 nitrogen and oxygen atoms in total. The van der Waals surface area contributed by atoms with E-state index in [4.69, 9.17) is 25.8 Å². The smallest absolute Gasteiger partial charge is 0.363 e. The Hall–Kier alpha value is -3.72. The van der Waals surface area contributed by atoms with E-state index in [0.29, 0.717) is 24.3 Å². The first-order valence-corrected chi connectivity index (χ1v) is 10.1. The van der Waals surface area contributed by atoms with Crippen molar-refractivity contribution in [3.63, 3.8) is 0 Å². The molecule has 0 radical (unpaired) electrons. The van der Waals surface area contributed by atoms with E-state index >= 15 is 0 Å². The Balaban J connectivity index is 1.92. The lowest BCUT2D eigenvalue weighted by Crippen LogP contribution is -2.08. The van der Waals surface area contributed by atoms with Crippen LogP contribution in [0, 0.1) is 10.1 Å². The molecule has 0 saturated heterocycles. The maximum atomic E-state index is 12.3.